The Labute approximate surface area is 157 Å². The second-order valence-electron chi connectivity index (χ2n) is 6.54. The van der Waals surface area contributed by atoms with Crippen LogP contribution >= 0.6 is 0 Å². The molecule has 0 aliphatic heterocycles. The van der Waals surface area contributed by atoms with Crippen molar-refractivity contribution < 1.29 is 19.4 Å². The summed E-state index contributed by atoms with van der Waals surface area (Å²) in [5.41, 5.74) is 1.95. The van der Waals surface area contributed by atoms with E-state index in [0.717, 1.165) is 18.5 Å². The molecule has 1 saturated carbocycles. The Kier molecular flexibility index (Phi) is 5.75. The maximum Gasteiger partial charge on any atom is 0.337 e. The number of hydrogen-bond acceptors (Lipinski definition) is 8. The number of rotatable bonds is 8. The largest absolute Gasteiger partial charge is 0.495 e. The topological polar surface area (TPSA) is 106 Å². The summed E-state index contributed by atoms with van der Waals surface area (Å²) in [6.45, 7) is 1.83. The lowest BCUT2D eigenvalue weighted by atomic mass is 10.2. The molecule has 1 aromatic carbocycles. The van der Waals surface area contributed by atoms with Gasteiger partial charge >= 0.3 is 5.97 Å². The van der Waals surface area contributed by atoms with Crippen molar-refractivity contribution >= 4 is 23.4 Å². The molecule has 0 bridgehead atoms. The minimum absolute atomic E-state index is 0.0191. The van der Waals surface area contributed by atoms with Gasteiger partial charge in [-0.2, -0.15) is 4.98 Å². The first-order chi connectivity index (χ1) is 13.0. The molecule has 1 fully saturated rings. The summed E-state index contributed by atoms with van der Waals surface area (Å²) in [6, 6.07) is 6.74. The highest BCUT2D eigenvalue weighted by molar-refractivity contribution is 5.91. The van der Waals surface area contributed by atoms with Crippen LogP contribution in [0, 0.1) is 0 Å². The monoisotopic (exact) mass is 372 g/mol. The predicted octanol–water partition coefficient (Wildman–Crippen LogP) is 2.69. The molecule has 8 nitrogen and oxygen atoms in total. The second-order valence-corrected chi connectivity index (χ2v) is 6.54. The Morgan fingerprint density at radius 1 is 1.30 bits per heavy atom. The molecule has 27 heavy (non-hydrogen) atoms. The quantitative estimate of drug-likeness (QED) is 0.608. The number of aromatic nitrogens is 2. The average Bonchev–Trinajstić information content (AvgIpc) is 3.52. The molecule has 3 rings (SSSR count). The number of carbonyl (C=O) groups is 1. The van der Waals surface area contributed by atoms with Gasteiger partial charge in [0.2, 0.25) is 5.95 Å². The predicted molar refractivity (Wildman–Crippen MR) is 102 cm³/mol. The van der Waals surface area contributed by atoms with Crippen LogP contribution < -0.4 is 15.4 Å². The van der Waals surface area contributed by atoms with E-state index in [4.69, 9.17) is 9.47 Å². The van der Waals surface area contributed by atoms with Gasteiger partial charge in [0, 0.05) is 18.0 Å². The molecule has 144 valence electrons. The van der Waals surface area contributed by atoms with E-state index in [1.165, 1.54) is 7.11 Å². The van der Waals surface area contributed by atoms with Crippen molar-refractivity contribution in [2.24, 2.45) is 0 Å². The van der Waals surface area contributed by atoms with E-state index in [2.05, 4.69) is 20.6 Å². The van der Waals surface area contributed by atoms with Gasteiger partial charge in [0.15, 0.2) is 0 Å². The number of aliphatic hydroxyl groups excluding tert-OH is 1. The molecule has 1 heterocycles. The first-order valence-electron chi connectivity index (χ1n) is 8.83. The molecule has 1 aliphatic rings. The lowest BCUT2D eigenvalue weighted by Gasteiger charge is -2.15. The third kappa shape index (κ3) is 4.65. The number of hydrogen-bond donors (Lipinski definition) is 3. The van der Waals surface area contributed by atoms with E-state index in [1.807, 2.05) is 13.0 Å². The lowest BCUT2D eigenvalue weighted by Crippen LogP contribution is -2.21. The highest BCUT2D eigenvalue weighted by atomic mass is 16.5. The summed E-state index contributed by atoms with van der Waals surface area (Å²) >= 11 is 0. The molecular formula is C19H24N4O4. The minimum atomic E-state index is -0.429. The highest BCUT2D eigenvalue weighted by Gasteiger charge is 2.26. The fourth-order valence-corrected chi connectivity index (χ4v) is 2.64. The number of methoxy groups -OCH3 is 2. The van der Waals surface area contributed by atoms with Gasteiger partial charge in [-0.1, -0.05) is 0 Å². The minimum Gasteiger partial charge on any atom is -0.495 e. The Hall–Kier alpha value is -2.87. The smallest absolute Gasteiger partial charge is 0.337 e. The Morgan fingerprint density at radius 2 is 2.07 bits per heavy atom. The van der Waals surface area contributed by atoms with E-state index >= 15 is 0 Å². The maximum absolute atomic E-state index is 11.8. The zero-order chi connectivity index (χ0) is 19.4. The normalized spacial score (nSPS) is 14.4. The summed E-state index contributed by atoms with van der Waals surface area (Å²) in [5.74, 6) is 1.61. The highest BCUT2D eigenvalue weighted by Crippen LogP contribution is 2.40. The number of nitrogens with one attached hydrogen (secondary N) is 2. The van der Waals surface area contributed by atoms with Crippen LogP contribution in [-0.2, 0) is 4.74 Å². The molecule has 0 saturated heterocycles. The van der Waals surface area contributed by atoms with Crippen molar-refractivity contribution in [2.45, 2.75) is 31.7 Å². The Bertz CT molecular complexity index is 823. The van der Waals surface area contributed by atoms with Gasteiger partial charge in [-0.25, -0.2) is 9.78 Å². The number of carbonyl (C=O) groups excluding carboxylic acids is 1. The first kappa shape index (κ1) is 18.9. The standard InChI is InChI=1S/C19H24N4O4/c1-11(10-24)20-19-22-14(12-4-5-12)9-17(23-19)21-15-8-13(18(25)27-3)6-7-16(15)26-2/h6-9,11-12,24H,4-5,10H2,1-3H3,(H2,20,21,22,23)/t11-/m0/s1. The van der Waals surface area contributed by atoms with Gasteiger partial charge in [0.05, 0.1) is 37.8 Å². The summed E-state index contributed by atoms with van der Waals surface area (Å²) in [5, 5.41) is 15.6. The van der Waals surface area contributed by atoms with Crippen LogP contribution in [0.2, 0.25) is 0 Å². The third-order valence-corrected chi connectivity index (χ3v) is 4.27. The molecule has 0 radical (unpaired) electrons. The molecule has 0 spiro atoms. The van der Waals surface area contributed by atoms with Crippen LogP contribution in [0.3, 0.4) is 0 Å². The van der Waals surface area contributed by atoms with Crippen molar-refractivity contribution in [3.05, 3.63) is 35.5 Å². The molecule has 2 aromatic rings. The molecule has 1 aliphatic carbocycles. The average molecular weight is 372 g/mol. The van der Waals surface area contributed by atoms with Crippen molar-refractivity contribution in [2.75, 3.05) is 31.5 Å². The van der Waals surface area contributed by atoms with Crippen LogP contribution in [0.5, 0.6) is 5.75 Å². The van der Waals surface area contributed by atoms with E-state index in [1.54, 1.807) is 25.3 Å². The van der Waals surface area contributed by atoms with E-state index in [9.17, 15) is 9.90 Å². The molecule has 8 heteroatoms. The summed E-state index contributed by atoms with van der Waals surface area (Å²) in [4.78, 5) is 20.9. The van der Waals surface area contributed by atoms with Gasteiger partial charge in [-0.15, -0.1) is 0 Å². The molecule has 0 unspecified atom stereocenters. The zero-order valence-corrected chi connectivity index (χ0v) is 15.7. The van der Waals surface area contributed by atoms with E-state index in [0.29, 0.717) is 34.7 Å². The van der Waals surface area contributed by atoms with E-state index in [-0.39, 0.29) is 12.6 Å². The molecule has 0 amide bonds. The van der Waals surface area contributed by atoms with Crippen LogP contribution in [0.25, 0.3) is 0 Å². The van der Waals surface area contributed by atoms with Crippen LogP contribution in [0.1, 0.15) is 41.7 Å². The lowest BCUT2D eigenvalue weighted by molar-refractivity contribution is 0.0600. The summed E-state index contributed by atoms with van der Waals surface area (Å²) in [6.07, 6.45) is 2.21. The number of anilines is 3. The fourth-order valence-electron chi connectivity index (χ4n) is 2.64. The molecule has 1 aromatic heterocycles. The molecule has 3 N–H and O–H groups in total. The summed E-state index contributed by atoms with van der Waals surface area (Å²) in [7, 11) is 2.90. The second kappa shape index (κ2) is 8.22. The van der Waals surface area contributed by atoms with Gasteiger partial charge in [-0.3, -0.25) is 0 Å². The molecular weight excluding hydrogens is 348 g/mol. The van der Waals surface area contributed by atoms with Crippen LogP contribution in [-0.4, -0.2) is 47.9 Å². The molecule has 1 atom stereocenters. The first-order valence-corrected chi connectivity index (χ1v) is 8.83. The van der Waals surface area contributed by atoms with Crippen molar-refractivity contribution in [1.29, 1.82) is 0 Å². The zero-order valence-electron chi connectivity index (χ0n) is 15.7. The number of benzene rings is 1. The SMILES string of the molecule is COC(=O)c1ccc(OC)c(Nc2cc(C3CC3)nc(N[C@@H](C)CO)n2)c1. The Morgan fingerprint density at radius 3 is 2.70 bits per heavy atom. The Balaban J connectivity index is 1.93. The van der Waals surface area contributed by atoms with E-state index < -0.39 is 5.97 Å². The van der Waals surface area contributed by atoms with Crippen molar-refractivity contribution in [3.63, 3.8) is 0 Å². The fraction of sp³-hybridized carbons (Fsp3) is 0.421. The van der Waals surface area contributed by atoms with Crippen LogP contribution in [0.4, 0.5) is 17.5 Å². The van der Waals surface area contributed by atoms with Gasteiger partial charge < -0.3 is 25.2 Å². The number of nitrogens with zero attached hydrogens (tertiary/aromatic N) is 2. The number of esters is 1. The van der Waals surface area contributed by atoms with Crippen molar-refractivity contribution in [1.82, 2.24) is 9.97 Å². The maximum atomic E-state index is 11.8. The third-order valence-electron chi connectivity index (χ3n) is 4.27. The van der Waals surface area contributed by atoms with Crippen molar-refractivity contribution in [3.8, 4) is 5.75 Å². The van der Waals surface area contributed by atoms with Crippen LogP contribution in [0.15, 0.2) is 24.3 Å². The van der Waals surface area contributed by atoms with Gasteiger partial charge in [0.25, 0.3) is 0 Å². The van der Waals surface area contributed by atoms with Gasteiger partial charge in [0.1, 0.15) is 11.6 Å². The summed E-state index contributed by atoms with van der Waals surface area (Å²) < 4.78 is 10.2. The van der Waals surface area contributed by atoms with Gasteiger partial charge in [-0.05, 0) is 38.0 Å². The number of aliphatic hydroxyl groups is 1. The number of ether oxygens (including phenoxy) is 2.